The predicted molar refractivity (Wildman–Crippen MR) is 118 cm³/mol. The Morgan fingerprint density at radius 3 is 2.28 bits per heavy atom. The zero-order chi connectivity index (χ0) is 23.5. The van der Waals surface area contributed by atoms with Crippen LogP contribution >= 0.6 is 12.2 Å². The van der Waals surface area contributed by atoms with Crippen LogP contribution in [0.15, 0.2) is 42.5 Å². The average molecular weight is 466 g/mol. The first kappa shape index (κ1) is 23.5. The highest BCUT2D eigenvalue weighted by atomic mass is 32.1. The van der Waals surface area contributed by atoms with Crippen molar-refractivity contribution in [3.05, 3.63) is 69.3 Å². The molecule has 11 heteroatoms. The Hall–Kier alpha value is -3.21. The van der Waals surface area contributed by atoms with Crippen molar-refractivity contribution >= 4 is 34.6 Å². The first-order valence-corrected chi connectivity index (χ1v) is 10.3. The van der Waals surface area contributed by atoms with Crippen molar-refractivity contribution in [1.82, 2.24) is 10.2 Å². The van der Waals surface area contributed by atoms with E-state index >= 15 is 0 Å². The molecule has 2 aromatic rings. The molecule has 1 amide bonds. The fourth-order valence-electron chi connectivity index (χ4n) is 3.40. The van der Waals surface area contributed by atoms with Crippen LogP contribution in [-0.2, 0) is 12.6 Å². The van der Waals surface area contributed by atoms with Crippen molar-refractivity contribution in [2.24, 2.45) is 0 Å². The number of carbonyl (C=O) groups excluding carboxylic acids is 1. The number of thiocarbonyl (C=S) groups is 1. The molecule has 1 aliphatic rings. The topological polar surface area (TPSA) is 78.7 Å². The Morgan fingerprint density at radius 2 is 1.75 bits per heavy atom. The van der Waals surface area contributed by atoms with Crippen LogP contribution in [0.4, 0.5) is 24.5 Å². The Morgan fingerprint density at radius 1 is 1.12 bits per heavy atom. The van der Waals surface area contributed by atoms with Crippen LogP contribution in [0, 0.1) is 10.1 Å². The molecule has 0 radical (unpaired) electrons. The normalized spacial score (nSPS) is 14.2. The smallest absolute Gasteiger partial charge is 0.362 e. The van der Waals surface area contributed by atoms with E-state index in [1.165, 1.54) is 0 Å². The molecule has 1 fully saturated rings. The van der Waals surface area contributed by atoms with Crippen LogP contribution in [-0.4, -0.2) is 47.0 Å². The van der Waals surface area contributed by atoms with Gasteiger partial charge >= 0.3 is 6.18 Å². The molecule has 1 heterocycles. The lowest BCUT2D eigenvalue weighted by molar-refractivity contribution is -0.384. The van der Waals surface area contributed by atoms with E-state index in [-0.39, 0.29) is 16.7 Å². The van der Waals surface area contributed by atoms with E-state index < -0.39 is 22.4 Å². The number of aryl methyl sites for hydroxylation is 1. The van der Waals surface area contributed by atoms with Gasteiger partial charge in [0.1, 0.15) is 5.69 Å². The highest BCUT2D eigenvalue weighted by molar-refractivity contribution is 7.80. The van der Waals surface area contributed by atoms with Crippen molar-refractivity contribution in [3.63, 3.8) is 0 Å². The Bertz CT molecular complexity index is 1020. The van der Waals surface area contributed by atoms with E-state index in [9.17, 15) is 28.1 Å². The van der Waals surface area contributed by atoms with Gasteiger partial charge in [0, 0.05) is 37.8 Å². The van der Waals surface area contributed by atoms with E-state index in [1.54, 1.807) is 21.9 Å². The Kier molecular flexibility index (Phi) is 6.97. The van der Waals surface area contributed by atoms with Gasteiger partial charge in [-0.3, -0.25) is 20.2 Å². The summed E-state index contributed by atoms with van der Waals surface area (Å²) in [5, 5.41) is 14.3. The zero-order valence-corrected chi connectivity index (χ0v) is 18.0. The molecular weight excluding hydrogens is 445 g/mol. The minimum absolute atomic E-state index is 0.119. The number of nitro groups is 1. The third-order valence-electron chi connectivity index (χ3n) is 5.25. The van der Waals surface area contributed by atoms with Gasteiger partial charge in [0.2, 0.25) is 0 Å². The van der Waals surface area contributed by atoms with Gasteiger partial charge in [-0.25, -0.2) is 0 Å². The van der Waals surface area contributed by atoms with Gasteiger partial charge in [-0.1, -0.05) is 19.1 Å². The number of nitrogens with zero attached hydrogens (tertiary/aromatic N) is 3. The van der Waals surface area contributed by atoms with Crippen molar-refractivity contribution in [2.45, 2.75) is 19.5 Å². The third kappa shape index (κ3) is 5.34. The number of hydrogen-bond donors (Lipinski definition) is 1. The van der Waals surface area contributed by atoms with Crippen molar-refractivity contribution in [1.29, 1.82) is 0 Å². The maximum absolute atomic E-state index is 12.9. The summed E-state index contributed by atoms with van der Waals surface area (Å²) in [6, 6.07) is 9.69. The number of carbonyl (C=O) groups is 1. The number of piperazine rings is 1. The van der Waals surface area contributed by atoms with E-state index in [1.807, 2.05) is 19.1 Å². The van der Waals surface area contributed by atoms with Crippen molar-refractivity contribution < 1.29 is 22.9 Å². The van der Waals surface area contributed by atoms with Crippen LogP contribution in [0.3, 0.4) is 0 Å². The summed E-state index contributed by atoms with van der Waals surface area (Å²) in [5.41, 5.74) is 0.0388. The van der Waals surface area contributed by atoms with Gasteiger partial charge < -0.3 is 9.80 Å². The van der Waals surface area contributed by atoms with Crippen LogP contribution in [0.25, 0.3) is 0 Å². The number of rotatable bonds is 4. The molecule has 0 spiro atoms. The molecule has 0 aliphatic carbocycles. The number of amides is 1. The van der Waals surface area contributed by atoms with Crippen LogP contribution in [0.2, 0.25) is 0 Å². The molecule has 32 heavy (non-hydrogen) atoms. The average Bonchev–Trinajstić information content (AvgIpc) is 2.78. The van der Waals surface area contributed by atoms with E-state index in [0.29, 0.717) is 37.8 Å². The SMILES string of the molecule is CCc1ccc(C(=O)NC(=S)N2CCN(c3ccc(C(F)(F)F)cc3[N+](=O)[O-])CC2)cc1. The number of anilines is 1. The second-order valence-electron chi connectivity index (χ2n) is 7.24. The molecule has 2 aromatic carbocycles. The standard InChI is InChI=1S/C21H21F3N4O3S/c1-2-14-3-5-15(6-4-14)19(29)25-20(32)27-11-9-26(10-12-27)17-8-7-16(21(22,23)24)13-18(17)28(30)31/h3-8,13H,2,9-12H2,1H3,(H,25,29,32). The maximum Gasteiger partial charge on any atom is 0.416 e. The lowest BCUT2D eigenvalue weighted by Gasteiger charge is -2.37. The van der Waals surface area contributed by atoms with Gasteiger partial charge in [0.05, 0.1) is 10.5 Å². The lowest BCUT2D eigenvalue weighted by Crippen LogP contribution is -2.52. The zero-order valence-electron chi connectivity index (χ0n) is 17.2. The number of hydrogen-bond acceptors (Lipinski definition) is 5. The largest absolute Gasteiger partial charge is 0.416 e. The first-order chi connectivity index (χ1) is 15.1. The minimum atomic E-state index is -4.66. The predicted octanol–water partition coefficient (Wildman–Crippen LogP) is 4.01. The number of nitrogens with one attached hydrogen (secondary N) is 1. The molecule has 0 saturated carbocycles. The number of benzene rings is 2. The lowest BCUT2D eigenvalue weighted by atomic mass is 10.1. The van der Waals surface area contributed by atoms with Gasteiger partial charge in [-0.15, -0.1) is 0 Å². The summed E-state index contributed by atoms with van der Waals surface area (Å²) >= 11 is 5.32. The quantitative estimate of drug-likeness (QED) is 0.417. The van der Waals surface area contributed by atoms with Gasteiger partial charge in [-0.05, 0) is 48.5 Å². The second-order valence-corrected chi connectivity index (χ2v) is 7.63. The number of alkyl halides is 3. The molecule has 0 aromatic heterocycles. The molecule has 0 unspecified atom stereocenters. The highest BCUT2D eigenvalue weighted by Crippen LogP contribution is 2.36. The Balaban J connectivity index is 1.63. The highest BCUT2D eigenvalue weighted by Gasteiger charge is 2.34. The van der Waals surface area contributed by atoms with Gasteiger partial charge in [0.15, 0.2) is 5.11 Å². The number of halogens is 3. The second kappa shape index (κ2) is 9.51. The minimum Gasteiger partial charge on any atom is -0.362 e. The van der Waals surface area contributed by atoms with E-state index in [0.717, 1.165) is 24.1 Å². The van der Waals surface area contributed by atoms with Gasteiger partial charge in [-0.2, -0.15) is 13.2 Å². The molecule has 1 N–H and O–H groups in total. The third-order valence-corrected chi connectivity index (χ3v) is 5.61. The molecular formula is C21H21F3N4O3S. The summed E-state index contributed by atoms with van der Waals surface area (Å²) in [6.45, 7) is 3.32. The van der Waals surface area contributed by atoms with E-state index in [2.05, 4.69) is 5.32 Å². The van der Waals surface area contributed by atoms with Crippen molar-refractivity contribution in [3.8, 4) is 0 Å². The van der Waals surface area contributed by atoms with E-state index in [4.69, 9.17) is 12.2 Å². The Labute approximate surface area is 188 Å². The summed E-state index contributed by atoms with van der Waals surface area (Å²) < 4.78 is 38.8. The summed E-state index contributed by atoms with van der Waals surface area (Å²) in [6.07, 6.45) is -3.80. The molecule has 170 valence electrons. The van der Waals surface area contributed by atoms with Gasteiger partial charge in [0.25, 0.3) is 11.6 Å². The summed E-state index contributed by atoms with van der Waals surface area (Å²) in [7, 11) is 0. The number of nitro benzene ring substituents is 1. The fraction of sp³-hybridized carbons (Fsp3) is 0.333. The van der Waals surface area contributed by atoms with Crippen molar-refractivity contribution in [2.75, 3.05) is 31.1 Å². The molecule has 0 atom stereocenters. The molecule has 1 aliphatic heterocycles. The monoisotopic (exact) mass is 466 g/mol. The van der Waals surface area contributed by atoms with Crippen LogP contribution in [0.5, 0.6) is 0 Å². The van der Waals surface area contributed by atoms with Crippen LogP contribution in [0.1, 0.15) is 28.4 Å². The summed E-state index contributed by atoms with van der Waals surface area (Å²) in [4.78, 5) is 26.3. The fourth-order valence-corrected chi connectivity index (χ4v) is 3.68. The summed E-state index contributed by atoms with van der Waals surface area (Å²) in [5.74, 6) is -0.335. The first-order valence-electron chi connectivity index (χ1n) is 9.90. The molecule has 3 rings (SSSR count). The maximum atomic E-state index is 12.9. The molecule has 7 nitrogen and oxygen atoms in total. The molecule has 0 bridgehead atoms. The van der Waals surface area contributed by atoms with Crippen LogP contribution < -0.4 is 10.2 Å². The molecule has 1 saturated heterocycles.